The van der Waals surface area contributed by atoms with Crippen LogP contribution in [0.25, 0.3) is 6.08 Å². The summed E-state index contributed by atoms with van der Waals surface area (Å²) in [5, 5.41) is 16.0. The number of carbonyl (C=O) groups excluding carboxylic acids is 4. The maximum absolute atomic E-state index is 10.8. The predicted molar refractivity (Wildman–Crippen MR) is 112 cm³/mol. The molecule has 1 atom stereocenters. The number of cyclic esters (lactones) is 4. The van der Waals surface area contributed by atoms with E-state index in [9.17, 15) is 19.2 Å². The molecule has 2 heterocycles. The molecule has 1 unspecified atom stereocenters. The lowest BCUT2D eigenvalue weighted by molar-refractivity contribution is -0.150. The first kappa shape index (κ1) is 25.2. The molecule has 2 aliphatic rings. The lowest BCUT2D eigenvalue weighted by Crippen LogP contribution is -2.03. The van der Waals surface area contributed by atoms with E-state index in [1.807, 2.05) is 36.4 Å². The van der Waals surface area contributed by atoms with Crippen molar-refractivity contribution in [1.29, 1.82) is 0 Å². The van der Waals surface area contributed by atoms with Crippen molar-refractivity contribution in [3.8, 4) is 0 Å². The third kappa shape index (κ3) is 9.44. The monoisotopic (exact) mass is 426 g/mol. The van der Waals surface area contributed by atoms with Gasteiger partial charge < -0.3 is 19.7 Å². The molecule has 0 aromatic heterocycles. The fourth-order valence-corrected chi connectivity index (χ4v) is 1.93. The quantitative estimate of drug-likeness (QED) is 0.553. The summed E-state index contributed by atoms with van der Waals surface area (Å²) in [4.78, 5) is 41.5. The third-order valence-corrected chi connectivity index (χ3v) is 3.41. The molecule has 162 valence electrons. The highest BCUT2D eigenvalue weighted by Gasteiger charge is 2.28. The van der Waals surface area contributed by atoms with Crippen LogP contribution in [0.15, 0.2) is 73.3 Å². The Labute approximate surface area is 179 Å². The third-order valence-electron chi connectivity index (χ3n) is 3.41. The van der Waals surface area contributed by atoms with Crippen LogP contribution in [0.1, 0.15) is 33.2 Å². The van der Waals surface area contributed by atoms with Crippen LogP contribution >= 0.6 is 0 Å². The van der Waals surface area contributed by atoms with E-state index in [1.165, 1.54) is 12.5 Å². The first-order valence-corrected chi connectivity index (χ1v) is 9.04. The Kier molecular flexibility index (Phi) is 10.8. The van der Waals surface area contributed by atoms with Crippen molar-refractivity contribution < 1.29 is 38.9 Å². The number of fused-ring (bicyclic) bond motifs is 1. The molecule has 0 fully saturated rings. The fraction of sp³-hybridized carbons (Fsp3) is 0.130. The lowest BCUT2D eigenvalue weighted by atomic mass is 10.1. The molecule has 0 aliphatic carbocycles. The molecule has 8 heteroatoms. The van der Waals surface area contributed by atoms with Crippen LogP contribution < -0.4 is 0 Å². The van der Waals surface area contributed by atoms with Gasteiger partial charge in [0.15, 0.2) is 0 Å². The average molecular weight is 426 g/mol. The fourth-order valence-electron chi connectivity index (χ4n) is 1.93. The molecular formula is C23H22O8. The number of rotatable bonds is 2. The van der Waals surface area contributed by atoms with E-state index in [0.717, 1.165) is 12.2 Å². The predicted octanol–water partition coefficient (Wildman–Crippen LogP) is 2.31. The van der Waals surface area contributed by atoms with Gasteiger partial charge in [-0.2, -0.15) is 0 Å². The van der Waals surface area contributed by atoms with E-state index >= 15 is 0 Å². The number of aliphatic hydroxyl groups excluding tert-OH is 2. The molecular weight excluding hydrogens is 404 g/mol. The lowest BCUT2D eigenvalue weighted by Gasteiger charge is -1.90. The second-order valence-electron chi connectivity index (χ2n) is 5.94. The van der Waals surface area contributed by atoms with Gasteiger partial charge in [-0.1, -0.05) is 55.1 Å². The van der Waals surface area contributed by atoms with Crippen LogP contribution in [0.5, 0.6) is 0 Å². The minimum absolute atomic E-state index is 0.139. The Morgan fingerprint density at radius 2 is 1.26 bits per heavy atom. The van der Waals surface area contributed by atoms with Gasteiger partial charge >= 0.3 is 23.9 Å². The second-order valence-corrected chi connectivity index (χ2v) is 5.94. The number of aliphatic hydroxyl groups is 2. The molecule has 0 amide bonds. The topological polar surface area (TPSA) is 127 Å². The van der Waals surface area contributed by atoms with Gasteiger partial charge in [0.1, 0.15) is 0 Å². The van der Waals surface area contributed by atoms with Gasteiger partial charge in [-0.3, -0.25) is 0 Å². The molecule has 0 radical (unpaired) electrons. The van der Waals surface area contributed by atoms with E-state index in [1.54, 1.807) is 24.3 Å². The highest BCUT2D eigenvalue weighted by Crippen LogP contribution is 2.18. The maximum Gasteiger partial charge on any atom is 0.346 e. The number of hydrogen-bond acceptors (Lipinski definition) is 8. The average Bonchev–Trinajstić information content (AvgIpc) is 3.31. The molecule has 2 aromatic rings. The molecule has 0 spiro atoms. The standard InChI is InChI=1S/C8H4O3.C8H8.C4H2O3.C3H8O2/c9-7-5-3-1-2-4-6(5)8(10)11-7;1-2-8-6-4-3-5-7-8;5-3-1-2-4(6)7-3;1-3(5)2-4/h1-4H;2-7H,1H2;1-2H;3-5H,2H2,1H3. The van der Waals surface area contributed by atoms with Crippen molar-refractivity contribution >= 4 is 30.0 Å². The summed E-state index contributed by atoms with van der Waals surface area (Å²) in [5.41, 5.74) is 1.89. The van der Waals surface area contributed by atoms with Gasteiger partial charge in [0, 0.05) is 12.2 Å². The van der Waals surface area contributed by atoms with Crippen LogP contribution in [-0.4, -0.2) is 46.8 Å². The molecule has 31 heavy (non-hydrogen) atoms. The second kappa shape index (κ2) is 13.4. The van der Waals surface area contributed by atoms with Gasteiger partial charge in [0.2, 0.25) is 0 Å². The minimum atomic E-state index is -0.579. The van der Waals surface area contributed by atoms with Gasteiger partial charge in [-0.15, -0.1) is 0 Å². The van der Waals surface area contributed by atoms with Crippen molar-refractivity contribution in [2.75, 3.05) is 6.61 Å². The summed E-state index contributed by atoms with van der Waals surface area (Å²) in [6, 6.07) is 16.6. The van der Waals surface area contributed by atoms with Gasteiger partial charge in [0.05, 0.1) is 23.8 Å². The zero-order valence-electron chi connectivity index (χ0n) is 16.8. The van der Waals surface area contributed by atoms with Gasteiger partial charge in [-0.25, -0.2) is 19.2 Å². The van der Waals surface area contributed by atoms with Crippen molar-refractivity contribution in [1.82, 2.24) is 0 Å². The summed E-state index contributed by atoms with van der Waals surface area (Å²) >= 11 is 0. The van der Waals surface area contributed by atoms with E-state index in [4.69, 9.17) is 10.2 Å². The minimum Gasteiger partial charge on any atom is -0.394 e. The number of ether oxygens (including phenoxy) is 2. The molecule has 8 nitrogen and oxygen atoms in total. The van der Waals surface area contributed by atoms with Crippen LogP contribution in [0.4, 0.5) is 0 Å². The van der Waals surface area contributed by atoms with Crippen molar-refractivity contribution in [2.45, 2.75) is 13.0 Å². The molecule has 4 rings (SSSR count). The number of benzene rings is 2. The van der Waals surface area contributed by atoms with Crippen LogP contribution in [0.2, 0.25) is 0 Å². The Balaban J connectivity index is 0.000000216. The van der Waals surface area contributed by atoms with E-state index in [-0.39, 0.29) is 6.61 Å². The summed E-state index contributed by atoms with van der Waals surface area (Å²) in [6.45, 7) is 5.02. The normalized spacial score (nSPS) is 13.8. The highest BCUT2D eigenvalue weighted by atomic mass is 16.6. The summed E-state index contributed by atoms with van der Waals surface area (Å²) < 4.78 is 8.33. The summed E-state index contributed by atoms with van der Waals surface area (Å²) in [6.07, 6.45) is 3.44. The van der Waals surface area contributed by atoms with Crippen molar-refractivity contribution in [3.63, 3.8) is 0 Å². The van der Waals surface area contributed by atoms with E-state index in [0.29, 0.717) is 11.1 Å². The Bertz CT molecular complexity index is 896. The molecule has 0 saturated heterocycles. The smallest absolute Gasteiger partial charge is 0.346 e. The van der Waals surface area contributed by atoms with Crippen molar-refractivity contribution in [3.05, 3.63) is 90.0 Å². The van der Waals surface area contributed by atoms with Gasteiger partial charge in [0.25, 0.3) is 0 Å². The zero-order chi connectivity index (χ0) is 23.2. The van der Waals surface area contributed by atoms with Crippen LogP contribution in [0, 0.1) is 0 Å². The molecule has 0 saturated carbocycles. The molecule has 2 aromatic carbocycles. The van der Waals surface area contributed by atoms with Crippen LogP contribution in [-0.2, 0) is 19.1 Å². The molecule has 2 aliphatic heterocycles. The molecule has 2 N–H and O–H groups in total. The number of carbonyl (C=O) groups is 4. The Morgan fingerprint density at radius 1 is 0.839 bits per heavy atom. The van der Waals surface area contributed by atoms with Crippen LogP contribution in [0.3, 0.4) is 0 Å². The Morgan fingerprint density at radius 3 is 1.55 bits per heavy atom. The maximum atomic E-state index is 10.8. The molecule has 0 bridgehead atoms. The zero-order valence-corrected chi connectivity index (χ0v) is 16.8. The largest absolute Gasteiger partial charge is 0.394 e. The van der Waals surface area contributed by atoms with Gasteiger partial charge in [-0.05, 0) is 24.6 Å². The summed E-state index contributed by atoms with van der Waals surface area (Å²) in [7, 11) is 0. The first-order chi connectivity index (χ1) is 14.8. The SMILES string of the molecule is C=Cc1ccccc1.CC(O)CO.O=C1C=CC(=O)O1.O=C1OC(=O)c2ccccc21. The highest BCUT2D eigenvalue weighted by molar-refractivity contribution is 6.14. The first-order valence-electron chi connectivity index (χ1n) is 9.04. The Hall–Kier alpha value is -3.88. The number of esters is 4. The number of hydrogen-bond donors (Lipinski definition) is 2. The van der Waals surface area contributed by atoms with E-state index < -0.39 is 30.0 Å². The van der Waals surface area contributed by atoms with E-state index in [2.05, 4.69) is 16.1 Å². The summed E-state index contributed by atoms with van der Waals surface area (Å²) in [5.74, 6) is -2.26. The van der Waals surface area contributed by atoms with Crippen molar-refractivity contribution in [2.24, 2.45) is 0 Å².